The summed E-state index contributed by atoms with van der Waals surface area (Å²) in [6.07, 6.45) is 0. The van der Waals surface area contributed by atoms with Gasteiger partial charge in [-0.05, 0) is 89.2 Å². The summed E-state index contributed by atoms with van der Waals surface area (Å²) in [5.41, 5.74) is 7.82. The Morgan fingerprint density at radius 2 is 0.574 bits per heavy atom. The van der Waals surface area contributed by atoms with Crippen LogP contribution in [0.25, 0.3) is 0 Å². The lowest BCUT2D eigenvalue weighted by molar-refractivity contribution is -0.142. The highest BCUT2D eigenvalue weighted by atomic mass is 35.5. The summed E-state index contributed by atoms with van der Waals surface area (Å²) in [4.78, 5) is 99.5. The molecule has 22 nitrogen and oxygen atoms in total. The molecule has 6 aliphatic heterocycles. The highest BCUT2D eigenvalue weighted by Crippen LogP contribution is 2.30. The van der Waals surface area contributed by atoms with Crippen LogP contribution in [0.15, 0.2) is 146 Å². The van der Waals surface area contributed by atoms with Crippen molar-refractivity contribution in [1.29, 1.82) is 0 Å². The summed E-state index contributed by atoms with van der Waals surface area (Å²) in [5.74, 6) is 2.19. The van der Waals surface area contributed by atoms with E-state index in [-0.39, 0.29) is 80.3 Å². The number of phenols is 3. The lowest BCUT2D eigenvalue weighted by atomic mass is 9.94. The molecule has 1 atom stereocenters. The Balaban J connectivity index is 0.000000201. The third kappa shape index (κ3) is 33.2. The number of amides is 6. The van der Waals surface area contributed by atoms with Gasteiger partial charge in [0.15, 0.2) is 0 Å². The Labute approximate surface area is 736 Å². The number of phenolic OH excluding ortho intramolecular Hbond substituents is 3. The van der Waals surface area contributed by atoms with Gasteiger partial charge < -0.3 is 49.8 Å². The number of aryl methyl sites for hydroxylation is 1. The fourth-order valence-corrected chi connectivity index (χ4v) is 15.6. The first-order chi connectivity index (χ1) is 57.1. The maximum atomic E-state index is 12.3. The summed E-state index contributed by atoms with van der Waals surface area (Å²) in [7, 11) is 0. The molecule has 672 valence electrons. The molecule has 0 bridgehead atoms. The summed E-state index contributed by atoms with van der Waals surface area (Å²) < 4.78 is 0. The Bertz CT molecular complexity index is 4140. The smallest absolute Gasteiger partial charge is 0.228 e. The lowest BCUT2D eigenvalue weighted by Crippen LogP contribution is -2.52. The van der Waals surface area contributed by atoms with E-state index in [9.17, 15) is 49.2 Å². The molecule has 0 aromatic heterocycles. The molecule has 1 unspecified atom stereocenters. The van der Waals surface area contributed by atoms with Crippen molar-refractivity contribution < 1.29 is 49.2 Å². The molecule has 6 saturated heterocycles. The van der Waals surface area contributed by atoms with Crippen molar-refractivity contribution in [2.24, 2.45) is 32.5 Å². The fraction of sp³-hybridized carbons (Fsp3) is 0.576. The van der Waals surface area contributed by atoms with Crippen LogP contribution in [0, 0.1) is 39.4 Å². The predicted molar refractivity (Wildman–Crippen MR) is 492 cm³/mol. The van der Waals surface area contributed by atoms with Crippen molar-refractivity contribution in [2.75, 3.05) is 157 Å². The highest BCUT2D eigenvalue weighted by molar-refractivity contribution is 6.32. The first-order valence-electron chi connectivity index (χ1n) is 44.1. The Morgan fingerprint density at radius 3 is 0.877 bits per heavy atom. The van der Waals surface area contributed by atoms with Crippen LogP contribution in [-0.2, 0) is 68.1 Å². The van der Waals surface area contributed by atoms with E-state index < -0.39 is 0 Å². The number of benzene rings is 6. The summed E-state index contributed by atoms with van der Waals surface area (Å²) in [6.45, 7) is 65.0. The number of piperazine rings is 6. The van der Waals surface area contributed by atoms with Crippen LogP contribution in [0.2, 0.25) is 5.02 Å². The van der Waals surface area contributed by atoms with Gasteiger partial charge >= 0.3 is 0 Å². The van der Waals surface area contributed by atoms with E-state index in [0.29, 0.717) is 22.6 Å². The van der Waals surface area contributed by atoms with Crippen LogP contribution in [0.4, 0.5) is 0 Å². The highest BCUT2D eigenvalue weighted by Gasteiger charge is 2.36. The Kier molecular flexibility index (Phi) is 37.9. The van der Waals surface area contributed by atoms with Crippen LogP contribution in [0.1, 0.15) is 182 Å². The number of aromatic hydroxyl groups is 3. The van der Waals surface area contributed by atoms with Gasteiger partial charge in [0, 0.05) is 228 Å². The zero-order valence-corrected chi connectivity index (χ0v) is 78.4. The monoisotopic (exact) mass is 1700 g/mol. The Morgan fingerprint density at radius 1 is 0.303 bits per heavy atom. The van der Waals surface area contributed by atoms with E-state index >= 15 is 0 Å². The number of aliphatic hydroxyl groups excluding tert-OH is 1. The summed E-state index contributed by atoms with van der Waals surface area (Å²) in [6, 6.07) is 47.8. The van der Waals surface area contributed by atoms with Crippen LogP contribution < -0.4 is 0 Å². The average molecular weight is 1700 g/mol. The van der Waals surface area contributed by atoms with Crippen LogP contribution in [0.5, 0.6) is 17.2 Å². The summed E-state index contributed by atoms with van der Waals surface area (Å²) in [5, 5.41) is 37.7. The molecule has 0 aliphatic carbocycles. The molecule has 4 N–H and O–H groups in total. The molecular formula is C99H149ClN12O10. The standard InChI is InChI=1S/C17H26N2O2.2C17H26N2O.C16H23ClN2O2.2C16H24N2O2/c1-17(2,3)16(21)19-9-7-18(8-10-19)12-14-5-4-6-15(11-14)13-20;1-14-5-7-15(8-6-14)13-18-9-11-19(12-10-18)16(20)17(2,3)4;1-14(15-8-6-5-7-9-15)18-10-12-19(13-11-18)16(20)17(2,3)4;1-16(2,3)15(21)19-8-6-18(7-9-19)11-12-4-5-14(20)13(17)10-12;1-16(2,3)15(20)18-10-8-17(9-11-18)12-13-4-6-14(19)7-5-13;1-16(2,3)15(20)18-9-7-17(8-10-18)12-13-5-4-6-14(19)11-13/h4-6,11,20H,7-10,12-13H2,1-3H3;5-8H,9-13H2,1-4H3;5-9,14H,10-13H2,1-4H3;4-5,10,20H,6-9,11H2,1-3H3;4-7,19H,8-12H2,1-3H3;4-6,11,19H,7-10,12H2,1-3H3. The number of nitrogens with zero attached hydrogens (tertiary/aromatic N) is 12. The maximum Gasteiger partial charge on any atom is 0.228 e. The molecule has 6 fully saturated rings. The van der Waals surface area contributed by atoms with Crippen LogP contribution in [-0.4, -0.2) is 272 Å². The minimum atomic E-state index is -0.313. The van der Waals surface area contributed by atoms with Crippen LogP contribution in [0.3, 0.4) is 0 Å². The molecule has 23 heteroatoms. The van der Waals surface area contributed by atoms with Gasteiger partial charge in [-0.15, -0.1) is 0 Å². The SMILES string of the molecule is CC(C)(C)C(=O)N1CCN(Cc2ccc(O)c(Cl)c2)CC1.CC(C)(C)C(=O)N1CCN(Cc2ccc(O)cc2)CC1.CC(C)(C)C(=O)N1CCN(Cc2cccc(CO)c2)CC1.CC(C)(C)C(=O)N1CCN(Cc2cccc(O)c2)CC1.CC(c1ccccc1)N1CCN(C(=O)C(C)(C)C)CC1.Cc1ccc(CN2CCN(C(=O)C(C)(C)C)CC2)cc1. The molecule has 6 aromatic carbocycles. The van der Waals surface area contributed by atoms with Gasteiger partial charge in [0.05, 0.1) is 11.6 Å². The first-order valence-corrected chi connectivity index (χ1v) is 44.5. The minimum Gasteiger partial charge on any atom is -0.508 e. The van der Waals surface area contributed by atoms with E-state index in [0.717, 1.165) is 206 Å². The number of aliphatic hydroxyl groups is 1. The molecular weight excluding hydrogens is 1550 g/mol. The maximum absolute atomic E-state index is 12.3. The second-order valence-corrected chi connectivity index (χ2v) is 40.2. The van der Waals surface area contributed by atoms with E-state index in [1.54, 1.807) is 36.4 Å². The Hall–Kier alpha value is -8.45. The van der Waals surface area contributed by atoms with E-state index in [2.05, 4.69) is 104 Å². The molecule has 0 spiro atoms. The normalized spacial score (nSPS) is 17.5. The van der Waals surface area contributed by atoms with Gasteiger partial charge in [0.2, 0.25) is 35.4 Å². The molecule has 0 radical (unpaired) electrons. The topological polar surface area (TPSA) is 222 Å². The van der Waals surface area contributed by atoms with Gasteiger partial charge in [-0.2, -0.15) is 0 Å². The molecule has 6 amide bonds. The molecule has 6 heterocycles. The second kappa shape index (κ2) is 46.0. The predicted octanol–water partition coefficient (Wildman–Crippen LogP) is 14.4. The number of rotatable bonds is 13. The fourth-order valence-electron chi connectivity index (χ4n) is 15.4. The van der Waals surface area contributed by atoms with Gasteiger partial charge in [-0.3, -0.25) is 58.2 Å². The molecule has 6 aromatic rings. The van der Waals surface area contributed by atoms with Crippen molar-refractivity contribution in [3.63, 3.8) is 0 Å². The van der Waals surface area contributed by atoms with E-state index in [1.165, 1.54) is 27.8 Å². The molecule has 122 heavy (non-hydrogen) atoms. The number of carbonyl (C=O) groups excluding carboxylic acids is 6. The van der Waals surface area contributed by atoms with Crippen molar-refractivity contribution in [1.82, 2.24) is 58.8 Å². The van der Waals surface area contributed by atoms with E-state index in [4.69, 9.17) is 11.6 Å². The number of hydrogen-bond acceptors (Lipinski definition) is 16. The van der Waals surface area contributed by atoms with E-state index in [1.807, 2.05) is 203 Å². The van der Waals surface area contributed by atoms with Crippen molar-refractivity contribution in [3.8, 4) is 17.2 Å². The quantitative estimate of drug-likeness (QED) is 0.0844. The van der Waals surface area contributed by atoms with Gasteiger partial charge in [-0.1, -0.05) is 251 Å². The van der Waals surface area contributed by atoms with Crippen molar-refractivity contribution in [3.05, 3.63) is 195 Å². The van der Waals surface area contributed by atoms with Crippen LogP contribution >= 0.6 is 11.6 Å². The van der Waals surface area contributed by atoms with Crippen molar-refractivity contribution >= 4 is 47.0 Å². The zero-order chi connectivity index (χ0) is 90.1. The third-order valence-electron chi connectivity index (χ3n) is 22.8. The largest absolute Gasteiger partial charge is 0.508 e. The third-order valence-corrected chi connectivity index (χ3v) is 23.1. The number of halogens is 1. The second-order valence-electron chi connectivity index (χ2n) is 39.8. The molecule has 0 saturated carbocycles. The molecule has 6 aliphatic rings. The number of hydrogen-bond donors (Lipinski definition) is 4. The van der Waals surface area contributed by atoms with Gasteiger partial charge in [-0.25, -0.2) is 0 Å². The first kappa shape index (κ1) is 101. The average Bonchev–Trinajstić information content (AvgIpc) is 0.842. The van der Waals surface area contributed by atoms with Gasteiger partial charge in [0.25, 0.3) is 0 Å². The molecule has 12 rings (SSSR count). The summed E-state index contributed by atoms with van der Waals surface area (Å²) >= 11 is 5.93. The lowest BCUT2D eigenvalue weighted by Gasteiger charge is -2.40. The zero-order valence-electron chi connectivity index (χ0n) is 77.6. The van der Waals surface area contributed by atoms with Crippen molar-refractivity contribution in [2.45, 2.75) is 184 Å². The minimum absolute atomic E-state index is 0.0850. The number of carbonyl (C=O) groups is 6. The van der Waals surface area contributed by atoms with Gasteiger partial charge in [0.1, 0.15) is 17.2 Å².